The molecule has 236 valence electrons. The second-order valence-electron chi connectivity index (χ2n) is 11.5. The average molecular weight is 671 g/mol. The molecule has 0 spiro atoms. The molecule has 0 aliphatic rings. The number of hydrogen-bond donors (Lipinski definition) is 1. The fourth-order valence-electron chi connectivity index (χ4n) is 4.70. The Morgan fingerprint density at radius 3 is 2.04 bits per heavy atom. The number of rotatable bonds is 11. The van der Waals surface area contributed by atoms with Crippen LogP contribution in [-0.2, 0) is 32.6 Å². The highest BCUT2D eigenvalue weighted by Gasteiger charge is 2.36. The molecule has 0 aromatic heterocycles. The third-order valence-corrected chi connectivity index (χ3v) is 9.15. The molecule has 1 atom stereocenters. The molecular weight excluding hydrogens is 636 g/mol. The number of amides is 2. The van der Waals surface area contributed by atoms with E-state index in [1.165, 1.54) is 59.5 Å². The first kappa shape index (κ1) is 34.0. The summed E-state index contributed by atoms with van der Waals surface area (Å²) in [7, 11) is -4.34. The second-order valence-corrected chi connectivity index (χ2v) is 14.2. The van der Waals surface area contributed by atoms with Gasteiger partial charge in [-0.3, -0.25) is 13.9 Å². The van der Waals surface area contributed by atoms with Crippen LogP contribution in [0.3, 0.4) is 0 Å². The maximum absolute atomic E-state index is 14.5. The molecule has 4 aromatic carbocycles. The van der Waals surface area contributed by atoms with Gasteiger partial charge < -0.3 is 10.2 Å². The first-order valence-corrected chi connectivity index (χ1v) is 16.4. The zero-order chi connectivity index (χ0) is 32.8. The lowest BCUT2D eigenvalue weighted by Gasteiger charge is -2.35. The molecule has 7 nitrogen and oxygen atoms in total. The van der Waals surface area contributed by atoms with Gasteiger partial charge in [-0.05, 0) is 74.4 Å². The van der Waals surface area contributed by atoms with Crippen LogP contribution in [0.5, 0.6) is 0 Å². The lowest BCUT2D eigenvalue weighted by atomic mass is 10.0. The first-order chi connectivity index (χ1) is 21.2. The highest BCUT2D eigenvalue weighted by atomic mass is 35.5. The van der Waals surface area contributed by atoms with Crippen molar-refractivity contribution in [1.82, 2.24) is 10.2 Å². The molecule has 0 saturated carbocycles. The van der Waals surface area contributed by atoms with Crippen molar-refractivity contribution in [1.29, 1.82) is 0 Å². The van der Waals surface area contributed by atoms with Crippen molar-refractivity contribution in [3.05, 3.63) is 130 Å². The van der Waals surface area contributed by atoms with Gasteiger partial charge in [0.15, 0.2) is 0 Å². The number of carbonyl (C=O) groups excluding carboxylic acids is 2. The van der Waals surface area contributed by atoms with E-state index in [2.05, 4.69) is 5.32 Å². The minimum absolute atomic E-state index is 0.00172. The Balaban J connectivity index is 1.84. The van der Waals surface area contributed by atoms with E-state index in [1.54, 1.807) is 18.2 Å². The van der Waals surface area contributed by atoms with Gasteiger partial charge >= 0.3 is 0 Å². The lowest BCUT2D eigenvalue weighted by Crippen LogP contribution is -2.56. The number of hydrogen-bond acceptors (Lipinski definition) is 4. The molecule has 0 fully saturated rings. The summed E-state index contributed by atoms with van der Waals surface area (Å²) in [5.41, 5.74) is 0.703. The summed E-state index contributed by atoms with van der Waals surface area (Å²) in [6.07, 6.45) is 0.138. The minimum atomic E-state index is -4.34. The van der Waals surface area contributed by atoms with Crippen LogP contribution >= 0.6 is 23.2 Å². The molecule has 0 aliphatic carbocycles. The summed E-state index contributed by atoms with van der Waals surface area (Å²) >= 11 is 12.8. The van der Waals surface area contributed by atoms with Crippen LogP contribution in [0, 0.1) is 5.82 Å². The molecule has 0 saturated heterocycles. The number of benzene rings is 4. The lowest BCUT2D eigenvalue weighted by molar-refractivity contribution is -0.140. The van der Waals surface area contributed by atoms with Crippen LogP contribution < -0.4 is 9.62 Å². The Labute approximate surface area is 273 Å². The number of carbonyl (C=O) groups is 2. The van der Waals surface area contributed by atoms with Crippen LogP contribution in [0.2, 0.25) is 10.0 Å². The summed E-state index contributed by atoms with van der Waals surface area (Å²) in [5, 5.41) is 3.24. The van der Waals surface area contributed by atoms with Crippen LogP contribution in [0.1, 0.15) is 31.9 Å². The van der Waals surface area contributed by atoms with Crippen molar-refractivity contribution >= 4 is 50.7 Å². The van der Waals surface area contributed by atoms with Crippen molar-refractivity contribution in [3.8, 4) is 0 Å². The zero-order valence-electron chi connectivity index (χ0n) is 25.1. The summed E-state index contributed by atoms with van der Waals surface area (Å²) in [5.74, 6) is -1.57. The van der Waals surface area contributed by atoms with Crippen LogP contribution in [0.15, 0.2) is 108 Å². The molecule has 0 bridgehead atoms. The van der Waals surface area contributed by atoms with Gasteiger partial charge in [0.2, 0.25) is 11.8 Å². The van der Waals surface area contributed by atoms with Crippen LogP contribution in [0.25, 0.3) is 0 Å². The van der Waals surface area contributed by atoms with E-state index < -0.39 is 45.8 Å². The molecule has 0 aliphatic heterocycles. The van der Waals surface area contributed by atoms with Crippen molar-refractivity contribution in [2.24, 2.45) is 0 Å². The molecule has 0 heterocycles. The minimum Gasteiger partial charge on any atom is -0.350 e. The fourth-order valence-corrected chi connectivity index (χ4v) is 6.59. The van der Waals surface area contributed by atoms with E-state index in [0.717, 1.165) is 9.87 Å². The summed E-state index contributed by atoms with van der Waals surface area (Å²) in [6, 6.07) is 25.7. The predicted octanol–water partition coefficient (Wildman–Crippen LogP) is 6.88. The monoisotopic (exact) mass is 669 g/mol. The number of sulfonamides is 1. The smallest absolute Gasteiger partial charge is 0.264 e. The van der Waals surface area contributed by atoms with Gasteiger partial charge in [0.1, 0.15) is 18.4 Å². The first-order valence-electron chi connectivity index (χ1n) is 14.2. The van der Waals surface area contributed by atoms with Crippen LogP contribution in [-0.4, -0.2) is 43.3 Å². The molecule has 4 aromatic rings. The fraction of sp³-hybridized carbons (Fsp3) is 0.235. The average Bonchev–Trinajstić information content (AvgIpc) is 3.00. The van der Waals surface area contributed by atoms with Crippen molar-refractivity contribution < 1.29 is 22.4 Å². The SMILES string of the molecule is CC(C)(C)NC(=O)[C@@H](Cc1ccccc1)N(Cc1ccc(F)cc1)C(=O)CN(c1cc(Cl)ccc1Cl)S(=O)(=O)c1ccccc1. The quantitative estimate of drug-likeness (QED) is 0.189. The Morgan fingerprint density at radius 2 is 1.44 bits per heavy atom. The van der Waals surface area contributed by atoms with E-state index in [0.29, 0.717) is 5.56 Å². The van der Waals surface area contributed by atoms with Gasteiger partial charge in [-0.2, -0.15) is 0 Å². The highest BCUT2D eigenvalue weighted by Crippen LogP contribution is 2.33. The van der Waals surface area contributed by atoms with Crippen molar-refractivity contribution in [2.75, 3.05) is 10.8 Å². The number of nitrogens with zero attached hydrogens (tertiary/aromatic N) is 2. The third-order valence-electron chi connectivity index (χ3n) is 6.82. The normalized spacial score (nSPS) is 12.3. The molecule has 1 N–H and O–H groups in total. The van der Waals surface area contributed by atoms with Gasteiger partial charge in [-0.1, -0.05) is 83.9 Å². The van der Waals surface area contributed by atoms with Gasteiger partial charge in [-0.15, -0.1) is 0 Å². The number of anilines is 1. The van der Waals surface area contributed by atoms with Gasteiger partial charge in [0.25, 0.3) is 10.0 Å². The maximum Gasteiger partial charge on any atom is 0.264 e. The van der Waals surface area contributed by atoms with Crippen molar-refractivity contribution in [2.45, 2.75) is 50.2 Å². The van der Waals surface area contributed by atoms with E-state index in [1.807, 2.05) is 51.1 Å². The van der Waals surface area contributed by atoms with Crippen LogP contribution in [0.4, 0.5) is 10.1 Å². The molecule has 0 unspecified atom stereocenters. The summed E-state index contributed by atoms with van der Waals surface area (Å²) in [6.45, 7) is 4.67. The molecule has 2 amide bonds. The number of halogens is 3. The Hall–Kier alpha value is -3.92. The topological polar surface area (TPSA) is 86.8 Å². The Morgan fingerprint density at radius 1 is 0.844 bits per heavy atom. The van der Waals surface area contributed by atoms with Gasteiger partial charge in [-0.25, -0.2) is 12.8 Å². The molecule has 4 rings (SSSR count). The predicted molar refractivity (Wildman–Crippen MR) is 176 cm³/mol. The highest BCUT2D eigenvalue weighted by molar-refractivity contribution is 7.92. The van der Waals surface area contributed by atoms with E-state index in [9.17, 15) is 22.4 Å². The Bertz CT molecular complexity index is 1730. The molecule has 45 heavy (non-hydrogen) atoms. The van der Waals surface area contributed by atoms with Crippen molar-refractivity contribution in [3.63, 3.8) is 0 Å². The molecule has 0 radical (unpaired) electrons. The molecule has 11 heteroatoms. The standard InChI is InChI=1S/C34H34Cl2FN3O4S/c1-34(2,3)38-33(42)31(20-24-10-6-4-7-11-24)39(22-25-14-17-27(37)18-15-25)32(41)23-40(30-21-26(35)16-19-29(30)36)45(43,44)28-12-8-5-9-13-28/h4-19,21,31H,20,22-23H2,1-3H3,(H,38,42)/t31-/m1/s1. The second kappa shape index (κ2) is 14.5. The molecular formula is C34H34Cl2FN3O4S. The van der Waals surface area contributed by atoms with E-state index in [-0.39, 0.29) is 33.6 Å². The largest absolute Gasteiger partial charge is 0.350 e. The van der Waals surface area contributed by atoms with Gasteiger partial charge in [0, 0.05) is 23.5 Å². The summed E-state index contributed by atoms with van der Waals surface area (Å²) < 4.78 is 42.9. The third kappa shape index (κ3) is 9.06. The van der Waals surface area contributed by atoms with Gasteiger partial charge in [0.05, 0.1) is 15.6 Å². The van der Waals surface area contributed by atoms with E-state index >= 15 is 0 Å². The zero-order valence-corrected chi connectivity index (χ0v) is 27.4. The summed E-state index contributed by atoms with van der Waals surface area (Å²) in [4.78, 5) is 29.6. The maximum atomic E-state index is 14.5. The van der Waals surface area contributed by atoms with E-state index in [4.69, 9.17) is 23.2 Å². The Kier molecular flexibility index (Phi) is 10.9. The number of nitrogens with one attached hydrogen (secondary N) is 1.